The molecule has 0 aliphatic heterocycles. The average Bonchev–Trinajstić information content (AvgIpc) is 2.83. The lowest BCUT2D eigenvalue weighted by Gasteiger charge is -2.31. The number of halogens is 2. The van der Waals surface area contributed by atoms with Crippen LogP contribution >= 0.6 is 23.2 Å². The van der Waals surface area contributed by atoms with Gasteiger partial charge in [0, 0.05) is 26.1 Å². The van der Waals surface area contributed by atoms with E-state index >= 15 is 0 Å². The summed E-state index contributed by atoms with van der Waals surface area (Å²) in [5.41, 5.74) is 1.29. The first-order chi connectivity index (χ1) is 17.1. The molecule has 0 heterocycles. The van der Waals surface area contributed by atoms with Crippen molar-refractivity contribution in [3.05, 3.63) is 64.1 Å². The van der Waals surface area contributed by atoms with Gasteiger partial charge in [-0.25, -0.2) is 8.42 Å². The van der Waals surface area contributed by atoms with Gasteiger partial charge in [-0.15, -0.1) is 0 Å². The Balaban J connectivity index is 2.20. The van der Waals surface area contributed by atoms with Crippen molar-refractivity contribution in [3.63, 3.8) is 0 Å². The van der Waals surface area contributed by atoms with Crippen LogP contribution in [0.1, 0.15) is 51.5 Å². The summed E-state index contributed by atoms with van der Waals surface area (Å²) in [4.78, 5) is 27.9. The standard InChI is InChI=1S/C26H35Cl2N3O4S/c1-4-6-16-29-26(33)24(5-2)30(19-20-14-15-22(27)23(28)18-20)25(32)13-10-17-31(36(3,34)35)21-11-8-7-9-12-21/h7-9,11-12,14-15,18,24H,4-6,10,13,16-17,19H2,1-3H3,(H,29,33). The van der Waals surface area contributed by atoms with Crippen molar-refractivity contribution in [2.45, 2.75) is 58.5 Å². The lowest BCUT2D eigenvalue weighted by Crippen LogP contribution is -2.49. The largest absolute Gasteiger partial charge is 0.354 e. The lowest BCUT2D eigenvalue weighted by atomic mass is 10.1. The molecule has 0 spiro atoms. The zero-order valence-corrected chi connectivity index (χ0v) is 23.4. The fraction of sp³-hybridized carbons (Fsp3) is 0.462. The van der Waals surface area contributed by atoms with Crippen molar-refractivity contribution < 1.29 is 18.0 Å². The molecule has 1 N–H and O–H groups in total. The van der Waals surface area contributed by atoms with Gasteiger partial charge in [-0.3, -0.25) is 13.9 Å². The molecule has 2 rings (SSSR count). The molecule has 10 heteroatoms. The number of hydrogen-bond donors (Lipinski definition) is 1. The number of unbranched alkanes of at least 4 members (excludes halogenated alkanes) is 1. The third kappa shape index (κ3) is 8.98. The summed E-state index contributed by atoms with van der Waals surface area (Å²) in [5.74, 6) is -0.443. The van der Waals surface area contributed by atoms with Crippen LogP contribution in [-0.2, 0) is 26.2 Å². The van der Waals surface area contributed by atoms with Crippen LogP contribution in [0.25, 0.3) is 0 Å². The highest BCUT2D eigenvalue weighted by Gasteiger charge is 2.29. The summed E-state index contributed by atoms with van der Waals surface area (Å²) in [7, 11) is -3.52. The van der Waals surface area contributed by atoms with Crippen LogP contribution < -0.4 is 9.62 Å². The molecular formula is C26H35Cl2N3O4S. The van der Waals surface area contributed by atoms with E-state index in [1.165, 1.54) is 4.31 Å². The third-order valence-electron chi connectivity index (χ3n) is 5.75. The molecule has 2 amide bonds. The van der Waals surface area contributed by atoms with Crippen molar-refractivity contribution in [1.29, 1.82) is 0 Å². The summed E-state index contributed by atoms with van der Waals surface area (Å²) in [6.45, 7) is 4.78. The van der Waals surface area contributed by atoms with E-state index in [-0.39, 0.29) is 31.3 Å². The van der Waals surface area contributed by atoms with Crippen LogP contribution in [0.2, 0.25) is 10.0 Å². The van der Waals surface area contributed by atoms with Gasteiger partial charge < -0.3 is 10.2 Å². The molecule has 0 saturated heterocycles. The van der Waals surface area contributed by atoms with Crippen LogP contribution in [0.15, 0.2) is 48.5 Å². The number of rotatable bonds is 14. The SMILES string of the molecule is CCCCNC(=O)C(CC)N(Cc1ccc(Cl)c(Cl)c1)C(=O)CCCN(c1ccccc1)S(C)(=O)=O. The van der Waals surface area contributed by atoms with Gasteiger partial charge in [0.1, 0.15) is 6.04 Å². The van der Waals surface area contributed by atoms with Crippen molar-refractivity contribution in [3.8, 4) is 0 Å². The number of carbonyl (C=O) groups is 2. The van der Waals surface area contributed by atoms with Gasteiger partial charge in [0.2, 0.25) is 21.8 Å². The van der Waals surface area contributed by atoms with Gasteiger partial charge >= 0.3 is 0 Å². The minimum absolute atomic E-state index is 0.0823. The quantitative estimate of drug-likeness (QED) is 0.322. The van der Waals surface area contributed by atoms with Gasteiger partial charge in [-0.05, 0) is 49.1 Å². The molecular weight excluding hydrogens is 521 g/mol. The Kier molecular flexibility index (Phi) is 12.0. The van der Waals surface area contributed by atoms with Crippen LogP contribution in [0, 0.1) is 0 Å². The number of benzene rings is 2. The highest BCUT2D eigenvalue weighted by atomic mass is 35.5. The minimum atomic E-state index is -3.52. The normalized spacial score (nSPS) is 12.1. The average molecular weight is 557 g/mol. The number of hydrogen-bond acceptors (Lipinski definition) is 4. The second-order valence-electron chi connectivity index (χ2n) is 8.61. The lowest BCUT2D eigenvalue weighted by molar-refractivity contribution is -0.141. The predicted molar refractivity (Wildman–Crippen MR) is 147 cm³/mol. The fourth-order valence-electron chi connectivity index (χ4n) is 3.86. The van der Waals surface area contributed by atoms with Gasteiger partial charge in [-0.2, -0.15) is 0 Å². The Hall–Kier alpha value is -2.29. The van der Waals surface area contributed by atoms with E-state index < -0.39 is 16.1 Å². The summed E-state index contributed by atoms with van der Waals surface area (Å²) in [5, 5.41) is 3.70. The molecule has 1 atom stereocenters. The first kappa shape index (κ1) is 29.9. The third-order valence-corrected chi connectivity index (χ3v) is 7.68. The molecule has 1 unspecified atom stereocenters. The van der Waals surface area contributed by atoms with Crippen molar-refractivity contribution in [2.75, 3.05) is 23.7 Å². The Labute approximate surface area is 224 Å². The van der Waals surface area contributed by atoms with E-state index in [2.05, 4.69) is 5.32 Å². The maximum Gasteiger partial charge on any atom is 0.242 e. The number of nitrogens with zero attached hydrogens (tertiary/aromatic N) is 2. The van der Waals surface area contributed by atoms with E-state index in [1.54, 1.807) is 47.4 Å². The molecule has 2 aromatic rings. The first-order valence-corrected chi connectivity index (χ1v) is 14.7. The maximum absolute atomic E-state index is 13.4. The molecule has 36 heavy (non-hydrogen) atoms. The zero-order chi connectivity index (χ0) is 26.7. The molecule has 0 bridgehead atoms. The predicted octanol–water partition coefficient (Wildman–Crippen LogP) is 5.26. The Morgan fingerprint density at radius 3 is 2.28 bits per heavy atom. The van der Waals surface area contributed by atoms with Crippen LogP contribution in [-0.4, -0.2) is 50.5 Å². The van der Waals surface area contributed by atoms with E-state index in [0.717, 1.165) is 24.7 Å². The van der Waals surface area contributed by atoms with Crippen molar-refractivity contribution >= 4 is 50.7 Å². The number of nitrogens with one attached hydrogen (secondary N) is 1. The van der Waals surface area contributed by atoms with E-state index in [4.69, 9.17) is 23.2 Å². The number of amides is 2. The minimum Gasteiger partial charge on any atom is -0.354 e. The summed E-state index contributed by atoms with van der Waals surface area (Å²) < 4.78 is 26.0. The Morgan fingerprint density at radius 2 is 1.69 bits per heavy atom. The molecule has 0 radical (unpaired) electrons. The molecule has 0 aromatic heterocycles. The fourth-order valence-corrected chi connectivity index (χ4v) is 5.14. The second kappa shape index (κ2) is 14.4. The van der Waals surface area contributed by atoms with Gasteiger partial charge in [0.15, 0.2) is 0 Å². The van der Waals surface area contributed by atoms with E-state index in [1.807, 2.05) is 19.9 Å². The molecule has 0 aliphatic carbocycles. The smallest absolute Gasteiger partial charge is 0.242 e. The van der Waals surface area contributed by atoms with Crippen LogP contribution in [0.3, 0.4) is 0 Å². The molecule has 198 valence electrons. The number of para-hydroxylation sites is 1. The molecule has 0 fully saturated rings. The number of carbonyl (C=O) groups excluding carboxylic acids is 2. The Morgan fingerprint density at radius 1 is 1.00 bits per heavy atom. The van der Waals surface area contributed by atoms with Gasteiger partial charge in [0.05, 0.1) is 22.0 Å². The highest BCUT2D eigenvalue weighted by molar-refractivity contribution is 7.92. The van der Waals surface area contributed by atoms with Crippen LogP contribution in [0.4, 0.5) is 5.69 Å². The summed E-state index contributed by atoms with van der Waals surface area (Å²) in [6, 6.07) is 13.2. The van der Waals surface area contributed by atoms with Gasteiger partial charge in [-0.1, -0.05) is 67.7 Å². The highest BCUT2D eigenvalue weighted by Crippen LogP contribution is 2.25. The number of sulfonamides is 1. The Bertz CT molecular complexity index is 1110. The topological polar surface area (TPSA) is 86.8 Å². The van der Waals surface area contributed by atoms with Crippen molar-refractivity contribution in [2.24, 2.45) is 0 Å². The monoisotopic (exact) mass is 555 g/mol. The summed E-state index contributed by atoms with van der Waals surface area (Å²) in [6.07, 6.45) is 3.76. The molecule has 0 saturated carbocycles. The molecule has 0 aliphatic rings. The maximum atomic E-state index is 13.4. The second-order valence-corrected chi connectivity index (χ2v) is 11.3. The molecule has 2 aromatic carbocycles. The zero-order valence-electron chi connectivity index (χ0n) is 21.0. The summed E-state index contributed by atoms with van der Waals surface area (Å²) >= 11 is 12.2. The van der Waals surface area contributed by atoms with Crippen LogP contribution in [0.5, 0.6) is 0 Å². The van der Waals surface area contributed by atoms with Crippen molar-refractivity contribution in [1.82, 2.24) is 10.2 Å². The number of anilines is 1. The van der Waals surface area contributed by atoms with Gasteiger partial charge in [0.25, 0.3) is 0 Å². The van der Waals surface area contributed by atoms with E-state index in [0.29, 0.717) is 35.1 Å². The first-order valence-electron chi connectivity index (χ1n) is 12.1. The van der Waals surface area contributed by atoms with E-state index in [9.17, 15) is 18.0 Å². The molecule has 7 nitrogen and oxygen atoms in total.